The lowest BCUT2D eigenvalue weighted by molar-refractivity contribution is 0.532. The molecule has 4 heteroatoms. The van der Waals surface area contributed by atoms with Crippen LogP contribution in [0.4, 0.5) is 0 Å². The van der Waals surface area contributed by atoms with Crippen LogP contribution in [-0.2, 0) is 12.8 Å². The Hall–Kier alpha value is -1.42. The van der Waals surface area contributed by atoms with Crippen LogP contribution in [0.25, 0.3) is 10.2 Å². The Labute approximate surface area is 133 Å². The predicted molar refractivity (Wildman–Crippen MR) is 91.0 cm³/mol. The largest absolute Gasteiger partial charge is 0.330 e. The van der Waals surface area contributed by atoms with E-state index in [9.17, 15) is 0 Å². The van der Waals surface area contributed by atoms with E-state index in [4.69, 9.17) is 22.3 Å². The summed E-state index contributed by atoms with van der Waals surface area (Å²) in [6, 6.07) is 16.3. The lowest BCUT2D eigenvalue weighted by atomic mass is 9.96. The molecule has 0 fully saturated rings. The fraction of sp³-hybridized carbons (Fsp3) is 0.235. The van der Waals surface area contributed by atoms with Crippen molar-refractivity contribution in [3.8, 4) is 0 Å². The summed E-state index contributed by atoms with van der Waals surface area (Å²) < 4.78 is 1.24. The number of benzene rings is 2. The molecule has 0 saturated carbocycles. The summed E-state index contributed by atoms with van der Waals surface area (Å²) in [5, 5.41) is 1.94. The zero-order chi connectivity index (χ0) is 14.7. The Balaban J connectivity index is 1.74. The fourth-order valence-electron chi connectivity index (χ4n) is 2.49. The molecule has 0 amide bonds. The van der Waals surface area contributed by atoms with Crippen molar-refractivity contribution < 1.29 is 0 Å². The number of nitrogens with two attached hydrogens (primary N) is 1. The van der Waals surface area contributed by atoms with E-state index < -0.39 is 0 Å². The van der Waals surface area contributed by atoms with Crippen LogP contribution in [0.2, 0.25) is 5.02 Å². The fourth-order valence-corrected chi connectivity index (χ4v) is 3.78. The van der Waals surface area contributed by atoms with E-state index in [0.717, 1.165) is 28.4 Å². The molecule has 0 aliphatic carbocycles. The van der Waals surface area contributed by atoms with Crippen molar-refractivity contribution >= 4 is 33.2 Å². The molecule has 3 rings (SSSR count). The van der Waals surface area contributed by atoms with E-state index in [0.29, 0.717) is 12.5 Å². The number of thiazole rings is 1. The van der Waals surface area contributed by atoms with E-state index >= 15 is 0 Å². The SMILES string of the molecule is NCC(Cc1cccc(Cl)c1)Cc1nc2ccccc2s1. The van der Waals surface area contributed by atoms with Crippen LogP contribution in [-0.4, -0.2) is 11.5 Å². The molecule has 0 spiro atoms. The number of aromatic nitrogens is 1. The minimum Gasteiger partial charge on any atom is -0.330 e. The molecule has 1 unspecified atom stereocenters. The molecule has 0 aliphatic rings. The second-order valence-corrected chi connectivity index (χ2v) is 6.77. The van der Waals surface area contributed by atoms with Crippen LogP contribution in [0.5, 0.6) is 0 Å². The molecule has 21 heavy (non-hydrogen) atoms. The molecule has 0 bridgehead atoms. The van der Waals surface area contributed by atoms with E-state index in [1.165, 1.54) is 10.3 Å². The van der Waals surface area contributed by atoms with Crippen LogP contribution >= 0.6 is 22.9 Å². The Bertz CT molecular complexity index is 705. The van der Waals surface area contributed by atoms with Crippen LogP contribution < -0.4 is 5.73 Å². The lowest BCUT2D eigenvalue weighted by Crippen LogP contribution is -2.19. The second kappa shape index (κ2) is 6.56. The van der Waals surface area contributed by atoms with Crippen LogP contribution in [0.3, 0.4) is 0 Å². The van der Waals surface area contributed by atoms with E-state index in [-0.39, 0.29) is 0 Å². The van der Waals surface area contributed by atoms with Gasteiger partial charge in [-0.2, -0.15) is 0 Å². The van der Waals surface area contributed by atoms with Gasteiger partial charge in [0.2, 0.25) is 0 Å². The van der Waals surface area contributed by atoms with Crippen LogP contribution in [0, 0.1) is 5.92 Å². The first-order chi connectivity index (χ1) is 10.2. The van der Waals surface area contributed by atoms with Gasteiger partial charge in [0, 0.05) is 11.4 Å². The number of nitrogens with zero attached hydrogens (tertiary/aromatic N) is 1. The van der Waals surface area contributed by atoms with Crippen LogP contribution in [0.15, 0.2) is 48.5 Å². The van der Waals surface area contributed by atoms with Crippen molar-refractivity contribution in [3.05, 3.63) is 64.1 Å². The second-order valence-electron chi connectivity index (χ2n) is 5.22. The first kappa shape index (κ1) is 14.5. The average Bonchev–Trinajstić information content (AvgIpc) is 2.89. The maximum absolute atomic E-state index is 6.04. The number of hydrogen-bond acceptors (Lipinski definition) is 3. The molecule has 3 aromatic rings. The van der Waals surface area contributed by atoms with Crippen LogP contribution in [0.1, 0.15) is 10.6 Å². The number of hydrogen-bond donors (Lipinski definition) is 1. The van der Waals surface area contributed by atoms with E-state index in [2.05, 4.69) is 24.3 Å². The molecule has 2 N–H and O–H groups in total. The zero-order valence-electron chi connectivity index (χ0n) is 11.6. The molecule has 0 radical (unpaired) electrons. The molecule has 1 aromatic heterocycles. The normalized spacial score (nSPS) is 12.7. The Kier molecular flexibility index (Phi) is 4.54. The summed E-state index contributed by atoms with van der Waals surface area (Å²) in [5.41, 5.74) is 8.26. The molecule has 0 saturated heterocycles. The van der Waals surface area contributed by atoms with E-state index in [1.54, 1.807) is 11.3 Å². The predicted octanol–water partition coefficient (Wildman–Crippen LogP) is 4.31. The number of para-hydroxylation sites is 1. The van der Waals surface area contributed by atoms with E-state index in [1.807, 2.05) is 24.3 Å². The molecule has 0 aliphatic heterocycles. The van der Waals surface area contributed by atoms with Crippen molar-refractivity contribution in [3.63, 3.8) is 0 Å². The summed E-state index contributed by atoms with van der Waals surface area (Å²) >= 11 is 7.81. The molecular weight excluding hydrogens is 300 g/mol. The molecule has 2 nitrogen and oxygen atoms in total. The van der Waals surface area contributed by atoms with Gasteiger partial charge < -0.3 is 5.73 Å². The monoisotopic (exact) mass is 316 g/mol. The van der Waals surface area contributed by atoms with Gasteiger partial charge in [-0.3, -0.25) is 0 Å². The van der Waals surface area contributed by atoms with Gasteiger partial charge in [0.1, 0.15) is 0 Å². The van der Waals surface area contributed by atoms with Gasteiger partial charge in [0.05, 0.1) is 15.2 Å². The third kappa shape index (κ3) is 3.62. The highest BCUT2D eigenvalue weighted by Crippen LogP contribution is 2.25. The maximum atomic E-state index is 6.04. The number of fused-ring (bicyclic) bond motifs is 1. The van der Waals surface area contributed by atoms with Crippen molar-refractivity contribution in [2.75, 3.05) is 6.54 Å². The number of rotatable bonds is 5. The lowest BCUT2D eigenvalue weighted by Gasteiger charge is -2.13. The number of halogens is 1. The van der Waals surface area contributed by atoms with Crippen molar-refractivity contribution in [1.29, 1.82) is 0 Å². The zero-order valence-corrected chi connectivity index (χ0v) is 13.2. The van der Waals surface area contributed by atoms with Gasteiger partial charge in [0.15, 0.2) is 0 Å². The minimum absolute atomic E-state index is 0.393. The highest BCUT2D eigenvalue weighted by atomic mass is 35.5. The topological polar surface area (TPSA) is 38.9 Å². The van der Waals surface area contributed by atoms with Crippen molar-refractivity contribution in [2.24, 2.45) is 11.7 Å². The first-order valence-electron chi connectivity index (χ1n) is 7.03. The summed E-state index contributed by atoms with van der Waals surface area (Å²) in [6.45, 7) is 0.655. The molecule has 2 aromatic carbocycles. The summed E-state index contributed by atoms with van der Waals surface area (Å²) in [5.74, 6) is 0.393. The quantitative estimate of drug-likeness (QED) is 0.761. The minimum atomic E-state index is 0.393. The highest BCUT2D eigenvalue weighted by Gasteiger charge is 2.12. The van der Waals surface area contributed by atoms with Gasteiger partial charge in [-0.1, -0.05) is 35.9 Å². The molecule has 1 heterocycles. The standard InChI is InChI=1S/C17H17ClN2S/c18-14-5-3-4-12(9-14)8-13(11-19)10-17-20-15-6-1-2-7-16(15)21-17/h1-7,9,13H,8,10-11,19H2. The van der Waals surface area contributed by atoms with Gasteiger partial charge in [0.25, 0.3) is 0 Å². The average molecular weight is 317 g/mol. The summed E-state index contributed by atoms with van der Waals surface area (Å²) in [6.07, 6.45) is 1.86. The Morgan fingerprint density at radius 3 is 2.71 bits per heavy atom. The molecule has 1 atom stereocenters. The third-order valence-electron chi connectivity index (χ3n) is 3.55. The highest BCUT2D eigenvalue weighted by molar-refractivity contribution is 7.18. The van der Waals surface area contributed by atoms with Gasteiger partial charge >= 0.3 is 0 Å². The Morgan fingerprint density at radius 2 is 1.95 bits per heavy atom. The molecule has 108 valence electrons. The molecular formula is C17H17ClN2S. The summed E-state index contributed by atoms with van der Waals surface area (Å²) in [4.78, 5) is 4.70. The van der Waals surface area contributed by atoms with Gasteiger partial charge in [-0.05, 0) is 48.7 Å². The van der Waals surface area contributed by atoms with Crippen molar-refractivity contribution in [2.45, 2.75) is 12.8 Å². The Morgan fingerprint density at radius 1 is 1.10 bits per heavy atom. The van der Waals surface area contributed by atoms with Crippen molar-refractivity contribution in [1.82, 2.24) is 4.98 Å². The smallest absolute Gasteiger partial charge is 0.0941 e. The first-order valence-corrected chi connectivity index (χ1v) is 8.23. The summed E-state index contributed by atoms with van der Waals surface area (Å²) in [7, 11) is 0. The van der Waals surface area contributed by atoms with Gasteiger partial charge in [-0.25, -0.2) is 4.98 Å². The maximum Gasteiger partial charge on any atom is 0.0941 e. The van der Waals surface area contributed by atoms with Gasteiger partial charge in [-0.15, -0.1) is 11.3 Å². The third-order valence-corrected chi connectivity index (χ3v) is 4.84.